The number of hydrogen-bond donors (Lipinski definition) is 0. The summed E-state index contributed by atoms with van der Waals surface area (Å²) in [4.78, 5) is 0. The van der Waals surface area contributed by atoms with Gasteiger partial charge in [0.25, 0.3) is 6.08 Å². The predicted molar refractivity (Wildman–Crippen MR) is 118 cm³/mol. The Labute approximate surface area is 187 Å². The Kier molecular flexibility index (Phi) is 8.81. The molecular weight excluding hydrogens is 398 g/mol. The molecule has 0 radical (unpaired) electrons. The van der Waals surface area contributed by atoms with Gasteiger partial charge in [0, 0.05) is 18.4 Å². The second-order valence-corrected chi connectivity index (χ2v) is 10.6. The molecule has 1 saturated heterocycles. The van der Waals surface area contributed by atoms with Gasteiger partial charge < -0.3 is 14.2 Å². The molecule has 1 aliphatic heterocycles. The first kappa shape index (κ1) is 23.6. The molecule has 3 nitrogen and oxygen atoms in total. The molecule has 5 heteroatoms. The Hall–Kier alpha value is -0.520. The third kappa shape index (κ3) is 6.51. The summed E-state index contributed by atoms with van der Waals surface area (Å²) in [7, 11) is 0. The van der Waals surface area contributed by atoms with E-state index in [-0.39, 0.29) is 12.2 Å². The van der Waals surface area contributed by atoms with Crippen LogP contribution in [0.1, 0.15) is 84.0 Å². The molecule has 4 fully saturated rings. The molecule has 1 heterocycles. The van der Waals surface area contributed by atoms with Crippen LogP contribution in [0.3, 0.4) is 0 Å². The second kappa shape index (κ2) is 11.6. The van der Waals surface area contributed by atoms with E-state index < -0.39 is 6.08 Å². The largest absolute Gasteiger partial charge is 0.379 e. The molecule has 0 aromatic heterocycles. The Morgan fingerprint density at radius 3 is 1.71 bits per heavy atom. The summed E-state index contributed by atoms with van der Waals surface area (Å²) in [5, 5.41) is 0. The van der Waals surface area contributed by atoms with Crippen LogP contribution in [0.2, 0.25) is 0 Å². The highest BCUT2D eigenvalue weighted by Gasteiger charge is 2.37. The molecule has 31 heavy (non-hydrogen) atoms. The van der Waals surface area contributed by atoms with Gasteiger partial charge in [0.2, 0.25) is 0 Å². The predicted octanol–water partition coefficient (Wildman–Crippen LogP) is 6.96. The van der Waals surface area contributed by atoms with Crippen LogP contribution in [0.4, 0.5) is 8.78 Å². The maximum atomic E-state index is 12.5. The highest BCUT2D eigenvalue weighted by molar-refractivity contribution is 4.92. The lowest BCUT2D eigenvalue weighted by atomic mass is 9.68. The third-order valence-corrected chi connectivity index (χ3v) is 8.78. The lowest BCUT2D eigenvalue weighted by molar-refractivity contribution is -0.237. The average molecular weight is 441 g/mol. The van der Waals surface area contributed by atoms with Gasteiger partial charge in [-0.3, -0.25) is 0 Å². The highest BCUT2D eigenvalue weighted by Crippen LogP contribution is 2.43. The van der Waals surface area contributed by atoms with Crippen molar-refractivity contribution >= 4 is 0 Å². The lowest BCUT2D eigenvalue weighted by Crippen LogP contribution is -2.41. The minimum Gasteiger partial charge on any atom is -0.379 e. The van der Waals surface area contributed by atoms with Crippen LogP contribution in [0.5, 0.6) is 0 Å². The molecule has 0 bridgehead atoms. The smallest absolute Gasteiger partial charge is 0.266 e. The van der Waals surface area contributed by atoms with Gasteiger partial charge in [-0.05, 0) is 114 Å². The van der Waals surface area contributed by atoms with E-state index in [0.717, 1.165) is 69.3 Å². The topological polar surface area (TPSA) is 27.7 Å². The first-order valence-corrected chi connectivity index (χ1v) is 13.0. The zero-order valence-electron chi connectivity index (χ0n) is 19.3. The van der Waals surface area contributed by atoms with Crippen LogP contribution in [-0.4, -0.2) is 32.2 Å². The SMILES string of the molecule is CCOC1CCC(C2CCC(C3COC(C4CCC(C=C(F)F)CC4)OC3)CC2)CC1. The Balaban J connectivity index is 1.14. The normalized spacial score (nSPS) is 42.2. The molecule has 0 N–H and O–H groups in total. The maximum Gasteiger partial charge on any atom is 0.266 e. The molecule has 3 aliphatic carbocycles. The van der Waals surface area contributed by atoms with Crippen LogP contribution >= 0.6 is 0 Å². The molecule has 0 unspecified atom stereocenters. The summed E-state index contributed by atoms with van der Waals surface area (Å²) in [6.45, 7) is 4.59. The van der Waals surface area contributed by atoms with Gasteiger partial charge in [-0.1, -0.05) is 0 Å². The molecule has 0 aromatic carbocycles. The summed E-state index contributed by atoms with van der Waals surface area (Å²) in [6.07, 6.45) is 14.1. The minimum atomic E-state index is -1.54. The van der Waals surface area contributed by atoms with Crippen molar-refractivity contribution < 1.29 is 23.0 Å². The van der Waals surface area contributed by atoms with Gasteiger partial charge in [-0.15, -0.1) is 0 Å². The van der Waals surface area contributed by atoms with Gasteiger partial charge >= 0.3 is 0 Å². The van der Waals surface area contributed by atoms with E-state index in [0.29, 0.717) is 17.9 Å². The van der Waals surface area contributed by atoms with Crippen molar-refractivity contribution in [2.24, 2.45) is 35.5 Å². The first-order chi connectivity index (χ1) is 15.1. The molecule has 3 saturated carbocycles. The molecule has 0 aromatic rings. The molecule has 4 rings (SSSR count). The quantitative estimate of drug-likeness (QED) is 0.447. The van der Waals surface area contributed by atoms with Crippen LogP contribution in [0.15, 0.2) is 12.2 Å². The van der Waals surface area contributed by atoms with Crippen molar-refractivity contribution in [3.63, 3.8) is 0 Å². The second-order valence-electron chi connectivity index (χ2n) is 10.6. The number of allylic oxidation sites excluding steroid dienone is 1. The van der Waals surface area contributed by atoms with E-state index in [4.69, 9.17) is 14.2 Å². The Morgan fingerprint density at radius 2 is 1.19 bits per heavy atom. The number of halogens is 2. The van der Waals surface area contributed by atoms with Crippen molar-refractivity contribution in [1.82, 2.24) is 0 Å². The summed E-state index contributed by atoms with van der Waals surface area (Å²) in [6, 6.07) is 0. The third-order valence-electron chi connectivity index (χ3n) is 8.78. The highest BCUT2D eigenvalue weighted by atomic mass is 19.3. The van der Waals surface area contributed by atoms with Gasteiger partial charge in [0.15, 0.2) is 6.29 Å². The Bertz CT molecular complexity index is 547. The molecule has 0 atom stereocenters. The average Bonchev–Trinajstić information content (AvgIpc) is 2.80. The van der Waals surface area contributed by atoms with Gasteiger partial charge in [-0.25, -0.2) is 0 Å². The number of ether oxygens (including phenoxy) is 3. The molecule has 0 amide bonds. The van der Waals surface area contributed by atoms with E-state index in [1.54, 1.807) is 0 Å². The molecular formula is C26H42F2O3. The minimum absolute atomic E-state index is 0.0296. The van der Waals surface area contributed by atoms with E-state index in [2.05, 4.69) is 6.92 Å². The van der Waals surface area contributed by atoms with Crippen molar-refractivity contribution in [2.45, 2.75) is 96.4 Å². The summed E-state index contributed by atoms with van der Waals surface area (Å²) < 4.78 is 43.1. The monoisotopic (exact) mass is 440 g/mol. The maximum absolute atomic E-state index is 12.5. The number of hydrogen-bond acceptors (Lipinski definition) is 3. The standard InChI is InChI=1S/C26H42F2O3/c1-2-29-24-13-11-20(12-14-24)19-7-9-21(10-8-19)23-16-30-26(31-17-23)22-5-3-18(4-6-22)15-25(27)28/h15,18-24,26H,2-14,16-17H2,1H3. The van der Waals surface area contributed by atoms with E-state index in [1.165, 1.54) is 51.4 Å². The fourth-order valence-corrected chi connectivity index (χ4v) is 6.89. The molecule has 178 valence electrons. The first-order valence-electron chi connectivity index (χ1n) is 13.0. The van der Waals surface area contributed by atoms with Crippen LogP contribution in [0.25, 0.3) is 0 Å². The summed E-state index contributed by atoms with van der Waals surface area (Å²) >= 11 is 0. The van der Waals surface area contributed by atoms with Gasteiger partial charge in [-0.2, -0.15) is 8.78 Å². The fourth-order valence-electron chi connectivity index (χ4n) is 6.89. The van der Waals surface area contributed by atoms with Gasteiger partial charge in [0.1, 0.15) is 0 Å². The van der Waals surface area contributed by atoms with Crippen molar-refractivity contribution in [2.75, 3.05) is 19.8 Å². The van der Waals surface area contributed by atoms with Crippen molar-refractivity contribution in [3.05, 3.63) is 12.2 Å². The Morgan fingerprint density at radius 1 is 0.710 bits per heavy atom. The zero-order valence-corrected chi connectivity index (χ0v) is 19.3. The fraction of sp³-hybridized carbons (Fsp3) is 0.923. The summed E-state index contributed by atoms with van der Waals surface area (Å²) in [5.74, 6) is 3.50. The summed E-state index contributed by atoms with van der Waals surface area (Å²) in [5.41, 5.74) is 0. The van der Waals surface area contributed by atoms with Crippen molar-refractivity contribution in [1.29, 1.82) is 0 Å². The molecule has 4 aliphatic rings. The number of rotatable bonds is 6. The van der Waals surface area contributed by atoms with Gasteiger partial charge in [0.05, 0.1) is 19.3 Å². The van der Waals surface area contributed by atoms with Crippen LogP contribution in [0, 0.1) is 35.5 Å². The lowest BCUT2D eigenvalue weighted by Gasteiger charge is -2.42. The van der Waals surface area contributed by atoms with Crippen LogP contribution in [-0.2, 0) is 14.2 Å². The zero-order chi connectivity index (χ0) is 21.6. The van der Waals surface area contributed by atoms with Crippen molar-refractivity contribution in [3.8, 4) is 0 Å². The van der Waals surface area contributed by atoms with Crippen LogP contribution < -0.4 is 0 Å². The van der Waals surface area contributed by atoms with E-state index in [9.17, 15) is 8.78 Å². The van der Waals surface area contributed by atoms with E-state index >= 15 is 0 Å². The molecule has 0 spiro atoms. The van der Waals surface area contributed by atoms with E-state index in [1.807, 2.05) is 0 Å².